The number of carboxylic acid groups (broad SMARTS) is 1. The van der Waals surface area contributed by atoms with E-state index in [1.54, 1.807) is 0 Å². The fourth-order valence-electron chi connectivity index (χ4n) is 4.27. The van der Waals surface area contributed by atoms with E-state index in [4.69, 9.17) is 0 Å². The molecule has 7 heteroatoms. The van der Waals surface area contributed by atoms with Crippen LogP contribution in [0.4, 0.5) is 0 Å². The molecule has 0 heterocycles. The van der Waals surface area contributed by atoms with E-state index in [9.17, 15) is 19.8 Å². The molecule has 0 saturated heterocycles. The third kappa shape index (κ3) is 27.1. The predicted octanol–water partition coefficient (Wildman–Crippen LogP) is 3.94. The largest absolute Gasteiger partial charge is 1.00 e. The fourth-order valence-corrected chi connectivity index (χ4v) is 4.27. The smallest absolute Gasteiger partial charge is 0.862 e. The van der Waals surface area contributed by atoms with E-state index >= 15 is 0 Å². The molecule has 206 valence electrons. The van der Waals surface area contributed by atoms with Crippen molar-refractivity contribution >= 4 is 17.8 Å². The molecule has 1 atom stereocenters. The van der Waals surface area contributed by atoms with Crippen molar-refractivity contribution in [2.24, 2.45) is 4.99 Å². The first kappa shape index (κ1) is 38.2. The number of hydrogen-bond acceptors (Lipinski definition) is 4. The Morgan fingerprint density at radius 1 is 0.694 bits per heavy atom. The van der Waals surface area contributed by atoms with Crippen LogP contribution in [0.15, 0.2) is 4.99 Å². The van der Waals surface area contributed by atoms with Gasteiger partial charge in [0, 0.05) is 13.0 Å². The van der Waals surface area contributed by atoms with Crippen LogP contribution in [0.1, 0.15) is 155 Å². The monoisotopic (exact) mass is 534 g/mol. The average molecular weight is 535 g/mol. The molecule has 36 heavy (non-hydrogen) atoms. The molecule has 0 aliphatic rings. The minimum atomic E-state index is -0.993. The molecule has 1 amide bonds. The number of nitrogens with one attached hydrogen (secondary N) is 1. The Kier molecular flexibility index (Phi) is 31.4. The number of carbonyl (C=O) groups excluding carboxylic acids is 1. The second kappa shape index (κ2) is 29.6. The molecule has 0 aromatic rings. The van der Waals surface area contributed by atoms with Crippen molar-refractivity contribution in [1.82, 2.24) is 5.32 Å². The topological polar surface area (TPSA) is 102 Å². The number of aliphatic imine (C=N–C) groups is 1. The molecule has 1 unspecified atom stereocenters. The van der Waals surface area contributed by atoms with Gasteiger partial charge in [0.05, 0.1) is 0 Å². The third-order valence-electron chi connectivity index (χ3n) is 6.57. The summed E-state index contributed by atoms with van der Waals surface area (Å²) in [6.45, 7) is 4.88. The van der Waals surface area contributed by atoms with Gasteiger partial charge in [0.25, 0.3) is 0 Å². The van der Waals surface area contributed by atoms with Crippen molar-refractivity contribution in [2.45, 2.75) is 161 Å². The first-order valence-corrected chi connectivity index (χ1v) is 14.7. The zero-order valence-corrected chi connectivity index (χ0v) is 27.1. The predicted molar refractivity (Wildman–Crippen MR) is 145 cm³/mol. The minimum Gasteiger partial charge on any atom is -0.862 e. The summed E-state index contributed by atoms with van der Waals surface area (Å²) in [6.07, 6.45) is 22.9. The van der Waals surface area contributed by atoms with Gasteiger partial charge in [0.15, 0.2) is 0 Å². The molecule has 6 nitrogen and oxygen atoms in total. The summed E-state index contributed by atoms with van der Waals surface area (Å²) < 4.78 is 0. The standard InChI is InChI=1S/C29H56N2O4.K/c1-3-5-7-9-11-13-15-16-18-23-27(32)30-25-21-20-22-26(29(34)35)31-28(33)24-19-17-14-12-10-8-6-4-2;/h26H,3-25H2,1-2H3,(H,30,32)(H,31,33)(H,34,35);/q;+1/p-1. The van der Waals surface area contributed by atoms with Gasteiger partial charge in [0.2, 0.25) is 5.91 Å². The molecule has 0 aliphatic heterocycles. The van der Waals surface area contributed by atoms with Crippen molar-refractivity contribution in [1.29, 1.82) is 0 Å². The second-order valence-corrected chi connectivity index (χ2v) is 10.0. The zero-order chi connectivity index (χ0) is 26.0. The van der Waals surface area contributed by atoms with Crippen molar-refractivity contribution in [3.8, 4) is 0 Å². The molecule has 2 N–H and O–H groups in total. The van der Waals surface area contributed by atoms with E-state index < -0.39 is 12.0 Å². The SMILES string of the molecule is CCCCCCCCCCCC([O-])=NCCCCC(NC(=O)CCCCCCCCCC)C(=O)O.[K+]. The number of carboxylic acids is 1. The summed E-state index contributed by atoms with van der Waals surface area (Å²) in [5, 5.41) is 24.0. The summed E-state index contributed by atoms with van der Waals surface area (Å²) in [7, 11) is 0. The molecule has 0 bridgehead atoms. The Morgan fingerprint density at radius 2 is 1.14 bits per heavy atom. The molecule has 0 rings (SSSR count). The molecular weight excluding hydrogens is 479 g/mol. The molecule has 0 aliphatic carbocycles. The Balaban J connectivity index is 0. The van der Waals surface area contributed by atoms with Gasteiger partial charge >= 0.3 is 57.4 Å². The van der Waals surface area contributed by atoms with E-state index in [2.05, 4.69) is 24.2 Å². The van der Waals surface area contributed by atoms with Gasteiger partial charge < -0.3 is 20.5 Å². The number of hydrogen-bond donors (Lipinski definition) is 2. The molecule has 0 spiro atoms. The molecular formula is C29H55KN2O4. The van der Waals surface area contributed by atoms with E-state index in [0.717, 1.165) is 32.1 Å². The Bertz CT molecular complexity index is 543. The number of unbranched alkanes of at least 4 members (excludes halogenated alkanes) is 16. The maximum absolute atomic E-state index is 12.1. The summed E-state index contributed by atoms with van der Waals surface area (Å²) in [5.41, 5.74) is 0. The molecule has 0 aromatic heterocycles. The van der Waals surface area contributed by atoms with Gasteiger partial charge in [-0.1, -0.05) is 110 Å². The van der Waals surface area contributed by atoms with Gasteiger partial charge in [-0.15, -0.1) is 0 Å². The summed E-state index contributed by atoms with van der Waals surface area (Å²) in [6, 6.07) is -0.853. The summed E-state index contributed by atoms with van der Waals surface area (Å²) in [4.78, 5) is 27.7. The van der Waals surface area contributed by atoms with E-state index in [1.165, 1.54) is 77.0 Å². The van der Waals surface area contributed by atoms with E-state index in [1.807, 2.05) is 0 Å². The Labute approximate surface area is 264 Å². The number of aliphatic carboxylic acids is 1. The van der Waals surface area contributed by atoms with Crippen LogP contribution in [-0.4, -0.2) is 35.5 Å². The molecule has 0 radical (unpaired) electrons. The summed E-state index contributed by atoms with van der Waals surface area (Å²) in [5.74, 6) is -1.21. The van der Waals surface area contributed by atoms with Crippen LogP contribution in [0.5, 0.6) is 0 Å². The second-order valence-electron chi connectivity index (χ2n) is 10.0. The van der Waals surface area contributed by atoms with Gasteiger partial charge in [-0.3, -0.25) is 4.79 Å². The quantitative estimate of drug-likeness (QED) is 0.0759. The van der Waals surface area contributed by atoms with Crippen LogP contribution in [0.25, 0.3) is 0 Å². The molecule has 0 aromatic carbocycles. The average Bonchev–Trinajstić information content (AvgIpc) is 2.83. The molecule has 0 fully saturated rings. The Hall–Kier alpha value is 0.0464. The summed E-state index contributed by atoms with van der Waals surface area (Å²) >= 11 is 0. The van der Waals surface area contributed by atoms with Crippen molar-refractivity contribution in [3.63, 3.8) is 0 Å². The van der Waals surface area contributed by atoms with Gasteiger partial charge in [0.1, 0.15) is 6.04 Å². The van der Waals surface area contributed by atoms with Gasteiger partial charge in [-0.25, -0.2) is 4.79 Å². The van der Waals surface area contributed by atoms with Crippen molar-refractivity contribution < 1.29 is 71.2 Å². The maximum atomic E-state index is 12.1. The van der Waals surface area contributed by atoms with Crippen LogP contribution < -0.4 is 61.8 Å². The first-order chi connectivity index (χ1) is 17.0. The van der Waals surface area contributed by atoms with Crippen LogP contribution in [0.2, 0.25) is 0 Å². The number of nitrogens with zero attached hydrogens (tertiary/aromatic N) is 1. The number of amides is 1. The van der Waals surface area contributed by atoms with Crippen LogP contribution >= 0.6 is 0 Å². The van der Waals surface area contributed by atoms with Crippen molar-refractivity contribution in [2.75, 3.05) is 6.54 Å². The first-order valence-electron chi connectivity index (χ1n) is 14.7. The Morgan fingerprint density at radius 3 is 1.61 bits per heavy atom. The van der Waals surface area contributed by atoms with Crippen LogP contribution in [-0.2, 0) is 9.59 Å². The number of carbonyl (C=O) groups is 2. The van der Waals surface area contributed by atoms with Gasteiger partial charge in [-0.05, 0) is 44.4 Å². The number of rotatable bonds is 26. The third-order valence-corrected chi connectivity index (χ3v) is 6.57. The normalized spacial score (nSPS) is 12.2. The van der Waals surface area contributed by atoms with Gasteiger partial charge in [-0.2, -0.15) is 0 Å². The van der Waals surface area contributed by atoms with E-state index in [-0.39, 0.29) is 63.2 Å². The minimum absolute atomic E-state index is 0. The van der Waals surface area contributed by atoms with Crippen LogP contribution in [0.3, 0.4) is 0 Å². The van der Waals surface area contributed by atoms with E-state index in [0.29, 0.717) is 38.6 Å². The fraction of sp³-hybridized carbons (Fsp3) is 0.897. The van der Waals surface area contributed by atoms with Crippen LogP contribution in [0, 0.1) is 0 Å². The maximum Gasteiger partial charge on any atom is 1.00 e. The van der Waals surface area contributed by atoms with Crippen molar-refractivity contribution in [3.05, 3.63) is 0 Å². The zero-order valence-electron chi connectivity index (χ0n) is 24.0. The molecule has 0 saturated carbocycles.